The van der Waals surface area contributed by atoms with E-state index in [0.29, 0.717) is 0 Å². The molecule has 0 aromatic carbocycles. The van der Waals surface area contributed by atoms with Crippen molar-refractivity contribution in [3.05, 3.63) is 48.6 Å². The fraction of sp³-hybridized carbons (Fsp3) is 0.429. The minimum absolute atomic E-state index is 0. The Bertz CT molecular complexity index is 246. The Labute approximate surface area is 140 Å². The summed E-state index contributed by atoms with van der Waals surface area (Å²) in [6, 6.07) is 2.94. The number of allylic oxidation sites excluding steroid dienone is 8. The third kappa shape index (κ3) is 19.0. The van der Waals surface area contributed by atoms with E-state index in [1.165, 1.54) is 12.1 Å². The molecule has 0 aromatic heterocycles. The maximum absolute atomic E-state index is 2.99. The second kappa shape index (κ2) is 20.0. The summed E-state index contributed by atoms with van der Waals surface area (Å²) in [4.78, 5) is 0. The van der Waals surface area contributed by atoms with E-state index in [4.69, 9.17) is 0 Å². The molecule has 0 bridgehead atoms. The first kappa shape index (κ1) is 23.7. The van der Waals surface area contributed by atoms with Crippen LogP contribution in [-0.2, 0) is 23.3 Å². The third-order valence-electron chi connectivity index (χ3n) is 2.03. The maximum atomic E-state index is 2.99. The van der Waals surface area contributed by atoms with E-state index in [1.54, 1.807) is 23.3 Å². The van der Waals surface area contributed by atoms with Crippen LogP contribution in [0, 0.1) is 12.2 Å². The SMILES string of the molecule is CC[Si](=[Zr+2])CC.[C-]1=CC=CC1.[C-]1=CC=CC1.[Cl-].[Cl-]. The predicted octanol–water partition coefficient (Wildman–Crippen LogP) is -1.82. The summed E-state index contributed by atoms with van der Waals surface area (Å²) in [5.74, 6) is 0. The summed E-state index contributed by atoms with van der Waals surface area (Å²) >= 11 is 1.80. The van der Waals surface area contributed by atoms with Gasteiger partial charge in [-0.3, -0.25) is 12.2 Å². The molecule has 100 valence electrons. The standard InChI is InChI=1S/2C5H5.C4H10Si.2ClH.Zr/c2*1-2-4-5-3-1;1-3-5-4-2;;;/h2*1-3H,4H2;3-4H2,1-2H3;2*1H;/q2*-1;;;;+2/p-2. The Morgan fingerprint density at radius 1 is 0.944 bits per heavy atom. The van der Waals surface area contributed by atoms with E-state index in [1.807, 2.05) is 24.3 Å². The molecule has 2 aliphatic carbocycles. The molecule has 0 fully saturated rings. The van der Waals surface area contributed by atoms with E-state index in [-0.39, 0.29) is 30.2 Å². The first-order valence-electron chi connectivity index (χ1n) is 5.81. The molecule has 2 aliphatic rings. The molecule has 0 radical (unpaired) electrons. The zero-order valence-corrected chi connectivity index (χ0v) is 16.0. The number of rotatable bonds is 2. The largest absolute Gasteiger partial charge is 1.00 e. The average molecular weight is 379 g/mol. The van der Waals surface area contributed by atoms with Gasteiger partial charge in [-0.2, -0.15) is 12.2 Å². The summed E-state index contributed by atoms with van der Waals surface area (Å²) in [5, 5.41) is 0. The van der Waals surface area contributed by atoms with Gasteiger partial charge in [0.2, 0.25) is 0 Å². The van der Waals surface area contributed by atoms with Crippen LogP contribution >= 0.6 is 0 Å². The van der Waals surface area contributed by atoms with Crippen LogP contribution in [-0.4, -0.2) is 5.43 Å². The van der Waals surface area contributed by atoms with Crippen molar-refractivity contribution in [1.82, 2.24) is 0 Å². The van der Waals surface area contributed by atoms with E-state index >= 15 is 0 Å². The topological polar surface area (TPSA) is 0 Å². The van der Waals surface area contributed by atoms with Crippen molar-refractivity contribution in [2.45, 2.75) is 38.8 Å². The molecule has 0 saturated carbocycles. The summed E-state index contributed by atoms with van der Waals surface area (Å²) in [6.07, 6.45) is 20.0. The average Bonchev–Trinajstić information content (AvgIpc) is 3.03. The van der Waals surface area contributed by atoms with Crippen molar-refractivity contribution in [2.24, 2.45) is 0 Å². The Morgan fingerprint density at radius 3 is 1.39 bits per heavy atom. The van der Waals surface area contributed by atoms with Crippen LogP contribution in [0.15, 0.2) is 36.5 Å². The Kier molecular flexibility index (Phi) is 26.3. The normalized spacial score (nSPS) is 12.7. The van der Waals surface area contributed by atoms with Crippen LogP contribution in [0.1, 0.15) is 26.7 Å². The van der Waals surface area contributed by atoms with Crippen LogP contribution < -0.4 is 24.8 Å². The van der Waals surface area contributed by atoms with Crippen molar-refractivity contribution >= 4 is 5.43 Å². The monoisotopic (exact) mass is 376 g/mol. The van der Waals surface area contributed by atoms with Gasteiger partial charge in [-0.25, -0.2) is 24.3 Å². The Hall–Kier alpha value is 0.640. The minimum atomic E-state index is 0. The van der Waals surface area contributed by atoms with Gasteiger partial charge in [0.05, 0.1) is 0 Å². The molecule has 4 heteroatoms. The van der Waals surface area contributed by atoms with Gasteiger partial charge in [0, 0.05) is 0 Å². The Balaban J connectivity index is -0.000000178. The van der Waals surface area contributed by atoms with Crippen LogP contribution in [0.25, 0.3) is 0 Å². The fourth-order valence-corrected chi connectivity index (χ4v) is 1.43. The molecule has 0 heterocycles. The molecule has 0 amide bonds. The Morgan fingerprint density at radius 2 is 1.33 bits per heavy atom. The van der Waals surface area contributed by atoms with Crippen molar-refractivity contribution in [1.29, 1.82) is 0 Å². The summed E-state index contributed by atoms with van der Waals surface area (Å²) < 4.78 is 0. The maximum Gasteiger partial charge on any atom is -0.109 e. The number of hydrogen-bond acceptors (Lipinski definition) is 0. The number of hydrogen-bond donors (Lipinski definition) is 0. The van der Waals surface area contributed by atoms with Gasteiger partial charge >= 0.3 is 54.7 Å². The summed E-state index contributed by atoms with van der Waals surface area (Å²) in [5.41, 5.74) is 0.222. The molecule has 2 rings (SSSR count). The molecule has 0 saturated heterocycles. The zero-order valence-electron chi connectivity index (χ0n) is 11.0. The van der Waals surface area contributed by atoms with Crippen molar-refractivity contribution < 1.29 is 48.1 Å². The van der Waals surface area contributed by atoms with Gasteiger partial charge in [-0.15, -0.1) is 12.8 Å². The second-order valence-electron chi connectivity index (χ2n) is 3.32. The van der Waals surface area contributed by atoms with Crippen molar-refractivity contribution in [3.63, 3.8) is 0 Å². The molecule has 0 N–H and O–H groups in total. The third-order valence-corrected chi connectivity index (χ3v) is 8.95. The van der Waals surface area contributed by atoms with Gasteiger partial charge in [-0.1, -0.05) is 0 Å². The van der Waals surface area contributed by atoms with E-state index in [0.717, 1.165) is 12.8 Å². The molecular weight excluding hydrogens is 358 g/mol. The van der Waals surface area contributed by atoms with Crippen molar-refractivity contribution in [2.75, 3.05) is 0 Å². The van der Waals surface area contributed by atoms with Gasteiger partial charge in [0.25, 0.3) is 0 Å². The van der Waals surface area contributed by atoms with Crippen LogP contribution in [0.4, 0.5) is 0 Å². The van der Waals surface area contributed by atoms with E-state index < -0.39 is 0 Å². The molecule has 0 aromatic rings. The van der Waals surface area contributed by atoms with Gasteiger partial charge in [-0.05, 0) is 0 Å². The first-order chi connectivity index (χ1) is 7.81. The summed E-state index contributed by atoms with van der Waals surface area (Å²) in [7, 11) is 0. The van der Waals surface area contributed by atoms with E-state index in [9.17, 15) is 0 Å². The molecule has 18 heavy (non-hydrogen) atoms. The van der Waals surface area contributed by atoms with Crippen LogP contribution in [0.5, 0.6) is 0 Å². The first-order valence-corrected chi connectivity index (χ1v) is 11.4. The van der Waals surface area contributed by atoms with Crippen LogP contribution in [0.3, 0.4) is 0 Å². The van der Waals surface area contributed by atoms with Gasteiger partial charge in [0.15, 0.2) is 0 Å². The molecule has 0 atom stereocenters. The minimum Gasteiger partial charge on any atom is -1.00 e. The zero-order chi connectivity index (χ0) is 12.1. The second-order valence-corrected chi connectivity index (χ2v) is 11.2. The summed E-state index contributed by atoms with van der Waals surface area (Å²) in [6.45, 7) is 4.60. The smallest absolute Gasteiger partial charge is 0.109 e. The number of halogens is 2. The van der Waals surface area contributed by atoms with E-state index in [2.05, 4.69) is 38.2 Å². The van der Waals surface area contributed by atoms with Gasteiger partial charge < -0.3 is 24.8 Å². The van der Waals surface area contributed by atoms with Gasteiger partial charge in [0.1, 0.15) is 0 Å². The quantitative estimate of drug-likeness (QED) is 0.392. The molecule has 0 unspecified atom stereocenters. The molecule has 0 aliphatic heterocycles. The molecule has 0 nitrogen and oxygen atoms in total. The van der Waals surface area contributed by atoms with Crippen LogP contribution in [0.2, 0.25) is 12.1 Å². The fourth-order valence-electron chi connectivity index (χ4n) is 0.930. The molecule has 0 spiro atoms. The van der Waals surface area contributed by atoms with Crippen molar-refractivity contribution in [3.8, 4) is 0 Å². The molecular formula is C14H20Cl2SiZr-2. The predicted molar refractivity (Wildman–Crippen MR) is 69.9 cm³/mol.